The first-order chi connectivity index (χ1) is 14.7. The summed E-state index contributed by atoms with van der Waals surface area (Å²) in [6.45, 7) is 1.91. The Bertz CT molecular complexity index is 1100. The molecule has 3 aliphatic rings. The van der Waals surface area contributed by atoms with Gasteiger partial charge in [0, 0.05) is 24.0 Å². The highest BCUT2D eigenvalue weighted by Gasteiger charge is 2.57. The number of fused-ring (bicyclic) bond motifs is 2. The fraction of sp³-hybridized carbons (Fsp3) is 0.571. The third-order valence-corrected chi connectivity index (χ3v) is 7.79. The number of halogens is 2. The zero-order valence-corrected chi connectivity index (χ0v) is 18.5. The number of nitrogens with two attached hydrogens (primary N) is 1. The SMILES string of the molecule is C[C@@H](CC(=O)[C@@H]1C[C@H]2C[C@H]2N1C(=O)Cn1nc(C(N)=O)c2ccncc21)[C@H]1CC1(Cl)Cl. The number of piperidine rings is 1. The summed E-state index contributed by atoms with van der Waals surface area (Å²) in [5, 5.41) is 4.80. The smallest absolute Gasteiger partial charge is 0.269 e. The molecule has 10 heteroatoms. The van der Waals surface area contributed by atoms with Crippen LogP contribution in [0.2, 0.25) is 0 Å². The van der Waals surface area contributed by atoms with Gasteiger partial charge in [0.25, 0.3) is 5.91 Å². The lowest BCUT2D eigenvalue weighted by Crippen LogP contribution is -2.45. The molecule has 5 atom stereocenters. The van der Waals surface area contributed by atoms with Gasteiger partial charge in [-0.1, -0.05) is 6.92 Å². The molecule has 2 aromatic rings. The Morgan fingerprint density at radius 3 is 2.74 bits per heavy atom. The summed E-state index contributed by atoms with van der Waals surface area (Å²) in [5.41, 5.74) is 6.10. The topological polar surface area (TPSA) is 111 Å². The maximum absolute atomic E-state index is 13.3. The summed E-state index contributed by atoms with van der Waals surface area (Å²) in [6, 6.07) is 1.33. The number of carbonyl (C=O) groups excluding carboxylic acids is 3. The predicted octanol–water partition coefficient (Wildman–Crippen LogP) is 2.31. The summed E-state index contributed by atoms with van der Waals surface area (Å²) in [6.07, 6.45) is 5.79. The second kappa shape index (κ2) is 7.17. The molecule has 8 nitrogen and oxygen atoms in total. The summed E-state index contributed by atoms with van der Waals surface area (Å²) in [4.78, 5) is 43.9. The van der Waals surface area contributed by atoms with Crippen LogP contribution in [0.1, 0.15) is 43.1 Å². The van der Waals surface area contributed by atoms with Crippen molar-refractivity contribution in [2.45, 2.75) is 55.6 Å². The molecule has 1 aliphatic heterocycles. The van der Waals surface area contributed by atoms with Crippen LogP contribution in [0.4, 0.5) is 0 Å². The van der Waals surface area contributed by atoms with Gasteiger partial charge in [-0.05, 0) is 43.1 Å². The van der Waals surface area contributed by atoms with Gasteiger partial charge in [-0.15, -0.1) is 23.2 Å². The van der Waals surface area contributed by atoms with E-state index in [1.54, 1.807) is 23.4 Å². The number of aromatic nitrogens is 3. The highest BCUT2D eigenvalue weighted by molar-refractivity contribution is 6.50. The van der Waals surface area contributed by atoms with Crippen LogP contribution in [0.25, 0.3) is 10.9 Å². The Kier molecular flexibility index (Phi) is 4.79. The molecule has 0 aromatic carbocycles. The molecule has 2 saturated carbocycles. The van der Waals surface area contributed by atoms with Crippen LogP contribution in [0.15, 0.2) is 18.5 Å². The monoisotopic (exact) mass is 463 g/mol. The zero-order chi connectivity index (χ0) is 22.1. The molecule has 5 rings (SSSR count). The van der Waals surface area contributed by atoms with E-state index in [0.29, 0.717) is 36.1 Å². The molecule has 0 radical (unpaired) electrons. The minimum atomic E-state index is -0.722. The van der Waals surface area contributed by atoms with Gasteiger partial charge in [-0.25, -0.2) is 0 Å². The lowest BCUT2D eigenvalue weighted by molar-refractivity contribution is -0.139. The molecule has 164 valence electrons. The van der Waals surface area contributed by atoms with Crippen LogP contribution >= 0.6 is 23.2 Å². The van der Waals surface area contributed by atoms with E-state index in [9.17, 15) is 14.4 Å². The van der Waals surface area contributed by atoms with Crippen molar-refractivity contribution >= 4 is 51.7 Å². The summed E-state index contributed by atoms with van der Waals surface area (Å²) in [5.74, 6) is -0.204. The van der Waals surface area contributed by atoms with Crippen LogP contribution in [0.3, 0.4) is 0 Å². The van der Waals surface area contributed by atoms with Gasteiger partial charge in [0.15, 0.2) is 11.5 Å². The van der Waals surface area contributed by atoms with E-state index in [0.717, 1.165) is 6.42 Å². The highest BCUT2D eigenvalue weighted by Crippen LogP contribution is 2.58. The van der Waals surface area contributed by atoms with Crippen LogP contribution in [-0.2, 0) is 16.1 Å². The molecule has 2 aromatic heterocycles. The van der Waals surface area contributed by atoms with Crippen molar-refractivity contribution in [3.63, 3.8) is 0 Å². The summed E-state index contributed by atoms with van der Waals surface area (Å²) < 4.78 is 0.727. The molecule has 0 spiro atoms. The van der Waals surface area contributed by atoms with E-state index in [1.165, 1.54) is 4.68 Å². The fourth-order valence-corrected chi connectivity index (χ4v) is 5.85. The Morgan fingerprint density at radius 1 is 1.32 bits per heavy atom. The predicted molar refractivity (Wildman–Crippen MR) is 115 cm³/mol. The maximum atomic E-state index is 13.3. The molecule has 1 saturated heterocycles. The first-order valence-electron chi connectivity index (χ1n) is 10.5. The standard InChI is InChI=1S/C21H23Cl2N5O3/c1-10(13-7-21(13,22)23)4-17(29)15-6-11-5-14(11)28(15)18(30)9-27-16-8-25-3-2-12(16)19(26-27)20(24)31/h2-3,8,10-11,13-15H,4-7,9H2,1H3,(H2,24,31)/t10-,11+,13+,14+,15-/m0/s1. The van der Waals surface area contributed by atoms with Crippen molar-refractivity contribution in [3.8, 4) is 0 Å². The number of amides is 2. The van der Waals surface area contributed by atoms with Crippen LogP contribution < -0.4 is 5.73 Å². The minimum Gasteiger partial charge on any atom is -0.364 e. The van der Waals surface area contributed by atoms with Gasteiger partial charge in [-0.2, -0.15) is 5.10 Å². The second-order valence-corrected chi connectivity index (χ2v) is 10.6. The van der Waals surface area contributed by atoms with E-state index in [1.807, 2.05) is 6.92 Å². The van der Waals surface area contributed by atoms with E-state index >= 15 is 0 Å². The third kappa shape index (κ3) is 3.59. The molecular weight excluding hydrogens is 441 g/mol. The van der Waals surface area contributed by atoms with Gasteiger partial charge < -0.3 is 10.6 Å². The molecular formula is C21H23Cl2N5O3. The molecule has 0 unspecified atom stereocenters. The van der Waals surface area contributed by atoms with Gasteiger partial charge in [0.05, 0.1) is 17.8 Å². The molecule has 2 N–H and O–H groups in total. The van der Waals surface area contributed by atoms with E-state index in [-0.39, 0.29) is 41.8 Å². The van der Waals surface area contributed by atoms with E-state index < -0.39 is 16.3 Å². The molecule has 3 heterocycles. The van der Waals surface area contributed by atoms with Gasteiger partial charge >= 0.3 is 0 Å². The zero-order valence-electron chi connectivity index (χ0n) is 17.0. The number of alkyl halides is 2. The number of primary amides is 1. The number of hydrogen-bond donors (Lipinski definition) is 1. The third-order valence-electron chi connectivity index (χ3n) is 6.92. The number of nitrogens with zero attached hydrogens (tertiary/aromatic N) is 4. The van der Waals surface area contributed by atoms with E-state index in [2.05, 4.69) is 10.1 Å². The lowest BCUT2D eigenvalue weighted by Gasteiger charge is -2.27. The van der Waals surface area contributed by atoms with Crippen molar-refractivity contribution in [2.75, 3.05) is 0 Å². The molecule has 2 aliphatic carbocycles. The number of rotatable bonds is 7. The van der Waals surface area contributed by atoms with E-state index in [4.69, 9.17) is 28.9 Å². The Labute approximate surface area is 189 Å². The Hall–Kier alpha value is -2.19. The van der Waals surface area contributed by atoms with Crippen molar-refractivity contribution in [3.05, 3.63) is 24.2 Å². The van der Waals surface area contributed by atoms with Crippen LogP contribution in [0.5, 0.6) is 0 Å². The average Bonchev–Trinajstić information content (AvgIpc) is 3.52. The number of ketones is 1. The van der Waals surface area contributed by atoms with Crippen molar-refractivity contribution in [2.24, 2.45) is 23.5 Å². The normalized spacial score (nSPS) is 28.9. The van der Waals surface area contributed by atoms with Crippen molar-refractivity contribution < 1.29 is 14.4 Å². The first-order valence-corrected chi connectivity index (χ1v) is 11.2. The van der Waals surface area contributed by atoms with Crippen LogP contribution in [0, 0.1) is 17.8 Å². The van der Waals surface area contributed by atoms with Gasteiger partial charge in [0.1, 0.15) is 10.9 Å². The first kappa shape index (κ1) is 20.7. The number of carbonyl (C=O) groups is 3. The van der Waals surface area contributed by atoms with Gasteiger partial charge in [-0.3, -0.25) is 24.0 Å². The Morgan fingerprint density at radius 2 is 2.06 bits per heavy atom. The van der Waals surface area contributed by atoms with Gasteiger partial charge in [0.2, 0.25) is 5.91 Å². The maximum Gasteiger partial charge on any atom is 0.269 e. The number of pyridine rings is 1. The largest absolute Gasteiger partial charge is 0.364 e. The summed E-state index contributed by atoms with van der Waals surface area (Å²) >= 11 is 12.3. The molecule has 3 fully saturated rings. The van der Waals surface area contributed by atoms with Crippen molar-refractivity contribution in [1.82, 2.24) is 19.7 Å². The number of Topliss-reactive ketones (excluding diaryl/α,β-unsaturated/α-hetero) is 1. The lowest BCUT2D eigenvalue weighted by atomic mass is 9.94. The Balaban J connectivity index is 1.33. The molecule has 2 amide bonds. The highest BCUT2D eigenvalue weighted by atomic mass is 35.5. The molecule has 0 bridgehead atoms. The number of hydrogen-bond acceptors (Lipinski definition) is 5. The minimum absolute atomic E-state index is 0.0638. The number of likely N-dealkylation sites (tertiary alicyclic amines) is 1. The second-order valence-electron chi connectivity index (χ2n) is 9.10. The van der Waals surface area contributed by atoms with Crippen LogP contribution in [-0.4, -0.2) is 53.7 Å². The quantitative estimate of drug-likeness (QED) is 0.633. The summed E-state index contributed by atoms with van der Waals surface area (Å²) in [7, 11) is 0. The average molecular weight is 464 g/mol. The molecule has 31 heavy (non-hydrogen) atoms. The fourth-order valence-electron chi connectivity index (χ4n) is 5.08. The van der Waals surface area contributed by atoms with Crippen molar-refractivity contribution in [1.29, 1.82) is 0 Å².